The molecule has 2 aliphatic rings. The zero-order valence-corrected chi connectivity index (χ0v) is 35.4. The van der Waals surface area contributed by atoms with Crippen LogP contribution in [0.5, 0.6) is 0 Å². The predicted octanol–water partition coefficient (Wildman–Crippen LogP) is 15.3. The van der Waals surface area contributed by atoms with Crippen LogP contribution >= 0.6 is 11.8 Å². The molecule has 11 aromatic rings. The maximum atomic E-state index is 5.32. The molecular weight excluding hydrogens is 795 g/mol. The van der Waals surface area contributed by atoms with E-state index in [9.17, 15) is 0 Å². The highest BCUT2D eigenvalue weighted by molar-refractivity contribution is 7.99. The maximum Gasteiger partial charge on any atom is 0.160 e. The van der Waals surface area contributed by atoms with Crippen molar-refractivity contribution in [1.29, 1.82) is 0 Å². The SMILES string of the molecule is c1ccc(-c2cc(-c3ccc(-c4ccc5c(c4)C4(c6ccccc6-c6ccccc64)c4ccc6c(-c7ccccc7)nc7ccccc7c6c4S5)cc3)nc(-c3ccccc3)n2)cc1. The van der Waals surface area contributed by atoms with Gasteiger partial charge in [0.2, 0.25) is 0 Å². The molecule has 3 nitrogen and oxygen atoms in total. The quantitative estimate of drug-likeness (QED) is 0.162. The monoisotopic (exact) mass is 831 g/mol. The highest BCUT2D eigenvalue weighted by Crippen LogP contribution is 2.64. The Balaban J connectivity index is 1.00. The van der Waals surface area contributed by atoms with Gasteiger partial charge in [-0.25, -0.2) is 15.0 Å². The van der Waals surface area contributed by atoms with Crippen molar-refractivity contribution in [1.82, 2.24) is 15.0 Å². The van der Waals surface area contributed by atoms with Gasteiger partial charge in [0.15, 0.2) is 5.82 Å². The molecule has 1 aliphatic heterocycles. The summed E-state index contributed by atoms with van der Waals surface area (Å²) in [5.41, 5.74) is 17.6. The molecule has 298 valence electrons. The Labute approximate surface area is 375 Å². The first-order chi connectivity index (χ1) is 31.7. The van der Waals surface area contributed by atoms with Crippen molar-refractivity contribution in [3.8, 4) is 67.4 Å². The van der Waals surface area contributed by atoms with E-state index in [2.05, 4.69) is 200 Å². The van der Waals surface area contributed by atoms with Gasteiger partial charge in [-0.15, -0.1) is 0 Å². The smallest absolute Gasteiger partial charge is 0.160 e. The average Bonchev–Trinajstić information content (AvgIpc) is 3.67. The van der Waals surface area contributed by atoms with Gasteiger partial charge in [-0.1, -0.05) is 212 Å². The molecule has 4 heteroatoms. The van der Waals surface area contributed by atoms with E-state index in [4.69, 9.17) is 15.0 Å². The Morgan fingerprint density at radius 1 is 0.344 bits per heavy atom. The molecule has 0 N–H and O–H groups in total. The number of hydrogen-bond donors (Lipinski definition) is 0. The summed E-state index contributed by atoms with van der Waals surface area (Å²) in [6, 6.07) is 80.9. The van der Waals surface area contributed by atoms with E-state index in [-0.39, 0.29) is 0 Å². The van der Waals surface area contributed by atoms with Crippen LogP contribution < -0.4 is 0 Å². The van der Waals surface area contributed by atoms with Gasteiger partial charge < -0.3 is 0 Å². The fourth-order valence-corrected chi connectivity index (χ4v) is 11.6. The molecule has 0 radical (unpaired) electrons. The Morgan fingerprint density at radius 3 is 1.58 bits per heavy atom. The van der Waals surface area contributed by atoms with Crippen LogP contribution in [0.1, 0.15) is 22.3 Å². The lowest BCUT2D eigenvalue weighted by Crippen LogP contribution is -2.32. The van der Waals surface area contributed by atoms with Crippen LogP contribution in [0, 0.1) is 0 Å². The van der Waals surface area contributed by atoms with E-state index in [0.29, 0.717) is 5.82 Å². The fraction of sp³-hybridized carbons (Fsp3) is 0.0167. The van der Waals surface area contributed by atoms with Crippen LogP contribution in [0.4, 0.5) is 0 Å². The normalized spacial score (nSPS) is 13.1. The fourth-order valence-electron chi connectivity index (χ4n) is 10.3. The van der Waals surface area contributed by atoms with Gasteiger partial charge in [0, 0.05) is 48.2 Å². The summed E-state index contributed by atoms with van der Waals surface area (Å²) >= 11 is 1.90. The first kappa shape index (κ1) is 36.7. The molecule has 1 aliphatic carbocycles. The molecule has 0 bridgehead atoms. The first-order valence-electron chi connectivity index (χ1n) is 21.8. The van der Waals surface area contributed by atoms with E-state index in [1.54, 1.807) is 0 Å². The second-order valence-corrected chi connectivity index (χ2v) is 17.7. The van der Waals surface area contributed by atoms with E-state index in [1.807, 2.05) is 36.0 Å². The second kappa shape index (κ2) is 14.6. The molecule has 0 atom stereocenters. The van der Waals surface area contributed by atoms with Gasteiger partial charge in [0.1, 0.15) is 0 Å². The van der Waals surface area contributed by atoms with Crippen LogP contribution in [0.15, 0.2) is 234 Å². The summed E-state index contributed by atoms with van der Waals surface area (Å²) in [4.78, 5) is 18.0. The van der Waals surface area contributed by atoms with Gasteiger partial charge in [-0.2, -0.15) is 0 Å². The minimum atomic E-state index is -0.548. The highest BCUT2D eigenvalue weighted by Gasteiger charge is 2.50. The topological polar surface area (TPSA) is 38.7 Å². The summed E-state index contributed by atoms with van der Waals surface area (Å²) in [6.45, 7) is 0. The van der Waals surface area contributed by atoms with Crippen LogP contribution in [0.25, 0.3) is 89.1 Å². The van der Waals surface area contributed by atoms with E-state index in [0.717, 1.165) is 50.4 Å². The number of rotatable bonds is 5. The average molecular weight is 832 g/mol. The van der Waals surface area contributed by atoms with Gasteiger partial charge in [0.25, 0.3) is 0 Å². The number of benzene rings is 9. The van der Waals surface area contributed by atoms with Crippen molar-refractivity contribution in [2.75, 3.05) is 0 Å². The number of aromatic nitrogens is 3. The van der Waals surface area contributed by atoms with Gasteiger partial charge >= 0.3 is 0 Å². The molecule has 0 saturated heterocycles. The van der Waals surface area contributed by atoms with Crippen molar-refractivity contribution in [3.05, 3.63) is 247 Å². The molecule has 1 spiro atoms. The number of nitrogens with zero attached hydrogens (tertiary/aromatic N) is 3. The third-order valence-electron chi connectivity index (χ3n) is 13.2. The van der Waals surface area contributed by atoms with Crippen molar-refractivity contribution in [2.45, 2.75) is 15.2 Å². The van der Waals surface area contributed by atoms with E-state index >= 15 is 0 Å². The summed E-state index contributed by atoms with van der Waals surface area (Å²) in [5.74, 6) is 0.712. The van der Waals surface area contributed by atoms with Crippen molar-refractivity contribution < 1.29 is 0 Å². The first-order valence-corrected chi connectivity index (χ1v) is 22.6. The van der Waals surface area contributed by atoms with Crippen LogP contribution in [0.2, 0.25) is 0 Å². The number of pyridine rings is 1. The molecule has 13 rings (SSSR count). The molecule has 9 aromatic carbocycles. The zero-order chi connectivity index (χ0) is 42.2. The lowest BCUT2D eigenvalue weighted by Gasteiger charge is -2.40. The van der Waals surface area contributed by atoms with Crippen LogP contribution in [-0.2, 0) is 5.41 Å². The molecule has 0 saturated carbocycles. The molecule has 0 amide bonds. The molecule has 0 unspecified atom stereocenters. The number of fused-ring (bicyclic) bond motifs is 13. The van der Waals surface area contributed by atoms with Crippen LogP contribution in [-0.4, -0.2) is 15.0 Å². The zero-order valence-electron chi connectivity index (χ0n) is 34.6. The highest BCUT2D eigenvalue weighted by atomic mass is 32.2. The minimum Gasteiger partial charge on any atom is -0.247 e. The summed E-state index contributed by atoms with van der Waals surface area (Å²) < 4.78 is 0. The lowest BCUT2D eigenvalue weighted by atomic mass is 9.66. The number of hydrogen-bond acceptors (Lipinski definition) is 4. The van der Waals surface area contributed by atoms with Gasteiger partial charge in [-0.05, 0) is 68.8 Å². The Hall–Kier alpha value is -7.92. The standard InChI is InChI=1S/C60H37N3S/c1-4-16-39(17-5-1)53-37-54(63-59(62-53)42-20-8-3-9-21-42)40-30-28-38(29-31-40)43-32-35-55-51(36-43)60(48-25-13-10-22-44(48)45-23-11-14-26-49(45)60)50-34-33-47-56(58(50)64-55)46-24-12-15-27-52(46)61-57(47)41-18-6-2-7-19-41/h1-37H. The van der Waals surface area contributed by atoms with Crippen molar-refractivity contribution >= 4 is 33.4 Å². The lowest BCUT2D eigenvalue weighted by molar-refractivity contribution is 0.726. The Bertz CT molecular complexity index is 3520. The van der Waals surface area contributed by atoms with Gasteiger partial charge in [-0.3, -0.25) is 0 Å². The predicted molar refractivity (Wildman–Crippen MR) is 263 cm³/mol. The molecule has 64 heavy (non-hydrogen) atoms. The minimum absolute atomic E-state index is 0.548. The van der Waals surface area contributed by atoms with E-state index < -0.39 is 5.41 Å². The van der Waals surface area contributed by atoms with Crippen molar-refractivity contribution in [2.24, 2.45) is 0 Å². The number of para-hydroxylation sites is 1. The third kappa shape index (κ3) is 5.59. The second-order valence-electron chi connectivity index (χ2n) is 16.6. The summed E-state index contributed by atoms with van der Waals surface area (Å²) in [7, 11) is 0. The Morgan fingerprint density at radius 2 is 0.891 bits per heavy atom. The third-order valence-corrected chi connectivity index (χ3v) is 14.4. The van der Waals surface area contributed by atoms with Gasteiger partial charge in [0.05, 0.1) is 28.0 Å². The largest absolute Gasteiger partial charge is 0.247 e. The molecular formula is C60H37N3S. The molecule has 2 aromatic heterocycles. The summed E-state index contributed by atoms with van der Waals surface area (Å²) in [6.07, 6.45) is 0. The summed E-state index contributed by atoms with van der Waals surface area (Å²) in [5, 5.41) is 3.60. The Kier molecular flexibility index (Phi) is 8.37. The van der Waals surface area contributed by atoms with Crippen molar-refractivity contribution in [3.63, 3.8) is 0 Å². The maximum absolute atomic E-state index is 5.32. The van der Waals surface area contributed by atoms with E-state index in [1.165, 1.54) is 64.9 Å². The molecule has 0 fully saturated rings. The van der Waals surface area contributed by atoms with Crippen LogP contribution in [0.3, 0.4) is 0 Å². The molecule has 3 heterocycles.